The number of carbonyl (C=O) groups excluding carboxylic acids is 1. The first-order valence-electron chi connectivity index (χ1n) is 13.1. The summed E-state index contributed by atoms with van der Waals surface area (Å²) in [4.78, 5) is 11.8. The van der Waals surface area contributed by atoms with Crippen LogP contribution < -0.4 is 0 Å². The number of carbonyl (C=O) groups is 1. The van der Waals surface area contributed by atoms with E-state index in [0.29, 0.717) is 23.9 Å². The molecule has 33 heavy (non-hydrogen) atoms. The lowest BCUT2D eigenvalue weighted by Gasteiger charge is -2.24. The van der Waals surface area contributed by atoms with Gasteiger partial charge in [-0.1, -0.05) is 84.0 Å². The van der Waals surface area contributed by atoms with Crippen LogP contribution in [0.5, 0.6) is 0 Å². The third kappa shape index (κ3) is 23.1. The van der Waals surface area contributed by atoms with Crippen molar-refractivity contribution >= 4 is 13.8 Å². The number of ether oxygens (including phenoxy) is 1. The number of quaternary nitrogens is 1. The molecule has 7 nitrogen and oxygen atoms in total. The first-order chi connectivity index (χ1) is 15.7. The Kier molecular flexibility index (Phi) is 20.6. The molecule has 0 heterocycles. The number of esters is 1. The molecule has 0 N–H and O–H groups in total. The molecule has 0 amide bonds. The minimum Gasteiger partial charge on any atom is -0.466 e. The highest BCUT2D eigenvalue weighted by Crippen LogP contribution is 2.48. The maximum absolute atomic E-state index is 12.3. The first kappa shape index (κ1) is 32.5. The van der Waals surface area contributed by atoms with Gasteiger partial charge < -0.3 is 9.22 Å². The third-order valence-corrected chi connectivity index (χ3v) is 6.97. The summed E-state index contributed by atoms with van der Waals surface area (Å²) < 4.78 is 33.7. The zero-order chi connectivity index (χ0) is 24.8. The van der Waals surface area contributed by atoms with Crippen molar-refractivity contribution in [2.45, 2.75) is 103 Å². The quantitative estimate of drug-likeness (QED) is 0.0629. The predicted octanol–water partition coefficient (Wildman–Crippen LogP) is 6.89. The monoisotopic (exact) mass is 494 g/mol. The van der Waals surface area contributed by atoms with Crippen LogP contribution in [-0.4, -0.2) is 65.1 Å². The predicted molar refractivity (Wildman–Crippen MR) is 135 cm³/mol. The number of rotatable bonds is 24. The molecule has 8 heteroatoms. The fourth-order valence-electron chi connectivity index (χ4n) is 3.35. The summed E-state index contributed by atoms with van der Waals surface area (Å²) in [5.74, 6) is -0.174. The first-order valence-corrected chi connectivity index (χ1v) is 14.6. The Bertz CT molecular complexity index is 510. The number of hydrogen-bond donors (Lipinski definition) is 0. The summed E-state index contributed by atoms with van der Waals surface area (Å²) in [6.07, 6.45) is 17.6. The maximum atomic E-state index is 12.3. The van der Waals surface area contributed by atoms with Crippen molar-refractivity contribution in [1.29, 1.82) is 0 Å². The van der Waals surface area contributed by atoms with Crippen LogP contribution in [0.15, 0.2) is 0 Å². The molecule has 198 valence electrons. The number of likely N-dealkylation sites (N-methyl/N-ethyl adjacent to an activating group) is 1. The van der Waals surface area contributed by atoms with E-state index in [1.807, 2.05) is 21.1 Å². The van der Waals surface area contributed by atoms with Gasteiger partial charge >= 0.3 is 13.8 Å². The van der Waals surface area contributed by atoms with Gasteiger partial charge in [0.25, 0.3) is 0 Å². The summed E-state index contributed by atoms with van der Waals surface area (Å²) in [6.45, 7) is 3.63. The zero-order valence-electron chi connectivity index (χ0n) is 22.3. The highest BCUT2D eigenvalue weighted by Gasteiger charge is 2.25. The van der Waals surface area contributed by atoms with Gasteiger partial charge in [-0.25, -0.2) is 4.57 Å². The van der Waals surface area contributed by atoms with Crippen molar-refractivity contribution in [3.63, 3.8) is 0 Å². The fraction of sp³-hybridized carbons (Fsp3) is 0.960. The van der Waals surface area contributed by atoms with Crippen LogP contribution in [0.4, 0.5) is 0 Å². The molecular weight excluding hydrogens is 441 g/mol. The summed E-state index contributed by atoms with van der Waals surface area (Å²) in [6, 6.07) is 0. The van der Waals surface area contributed by atoms with Gasteiger partial charge in [-0.05, 0) is 6.42 Å². The van der Waals surface area contributed by atoms with Crippen LogP contribution in [0.1, 0.15) is 103 Å². The van der Waals surface area contributed by atoms with E-state index in [1.165, 1.54) is 77.7 Å². The molecule has 0 fully saturated rings. The van der Waals surface area contributed by atoms with Gasteiger partial charge in [0.05, 0.1) is 34.4 Å². The fourth-order valence-corrected chi connectivity index (χ4v) is 4.29. The summed E-state index contributed by atoms with van der Waals surface area (Å²) in [5, 5.41) is 0. The lowest BCUT2D eigenvalue weighted by atomic mass is 10.0. The Balaban J connectivity index is 3.52. The summed E-state index contributed by atoms with van der Waals surface area (Å²) in [7, 11) is 3.83. The van der Waals surface area contributed by atoms with Gasteiger partial charge in [-0.3, -0.25) is 18.4 Å². The molecule has 0 rings (SSSR count). The highest BCUT2D eigenvalue weighted by atomic mass is 31.2. The van der Waals surface area contributed by atoms with Gasteiger partial charge in [0.1, 0.15) is 13.2 Å². The third-order valence-electron chi connectivity index (χ3n) is 5.52. The van der Waals surface area contributed by atoms with Crippen LogP contribution >= 0.6 is 7.82 Å². The molecule has 0 aromatic rings. The molecule has 0 aromatic carbocycles. The van der Waals surface area contributed by atoms with E-state index in [9.17, 15) is 9.36 Å². The van der Waals surface area contributed by atoms with Gasteiger partial charge in [-0.2, -0.15) is 0 Å². The van der Waals surface area contributed by atoms with Gasteiger partial charge in [0.2, 0.25) is 0 Å². The Labute approximate surface area is 204 Å². The molecule has 0 aromatic heterocycles. The second kappa shape index (κ2) is 20.9. The minimum absolute atomic E-state index is 0.154. The van der Waals surface area contributed by atoms with E-state index >= 15 is 0 Å². The molecule has 0 radical (unpaired) electrons. The molecule has 0 aliphatic rings. The van der Waals surface area contributed by atoms with E-state index in [4.69, 9.17) is 18.3 Å². The smallest absolute Gasteiger partial charge is 0.466 e. The van der Waals surface area contributed by atoms with Crippen LogP contribution in [0.2, 0.25) is 0 Å². The molecule has 1 unspecified atom stereocenters. The lowest BCUT2D eigenvalue weighted by Crippen LogP contribution is -2.37. The standard InChI is InChI=1S/C25H53NO6P/c1-6-7-8-9-10-11-12-13-14-15-16-17-18-20-25(27)30-22-19-23-31-33(28,29-5)32-24-21-26(2,3)4/h6-24H2,1-5H3/q+1. The molecule has 0 saturated carbocycles. The van der Waals surface area contributed by atoms with Crippen molar-refractivity contribution in [2.24, 2.45) is 0 Å². The van der Waals surface area contributed by atoms with E-state index < -0.39 is 7.82 Å². The van der Waals surface area contributed by atoms with Crippen LogP contribution in [0.3, 0.4) is 0 Å². The second-order valence-electron chi connectivity index (χ2n) is 9.88. The number of hydrogen-bond acceptors (Lipinski definition) is 6. The van der Waals surface area contributed by atoms with E-state index in [2.05, 4.69) is 6.92 Å². The SMILES string of the molecule is CCCCCCCCCCCCCCCC(=O)OCCCOP(=O)(OC)OCC[N+](C)(C)C. The lowest BCUT2D eigenvalue weighted by molar-refractivity contribution is -0.870. The number of phosphoric acid groups is 1. The Morgan fingerprint density at radius 1 is 0.697 bits per heavy atom. The van der Waals surface area contributed by atoms with Crippen molar-refractivity contribution in [3.8, 4) is 0 Å². The van der Waals surface area contributed by atoms with E-state index in [0.717, 1.165) is 12.8 Å². The van der Waals surface area contributed by atoms with Gasteiger partial charge in [0, 0.05) is 20.0 Å². The van der Waals surface area contributed by atoms with Gasteiger partial charge in [-0.15, -0.1) is 0 Å². The topological polar surface area (TPSA) is 71.1 Å². The second-order valence-corrected chi connectivity index (χ2v) is 11.7. The highest BCUT2D eigenvalue weighted by molar-refractivity contribution is 7.48. The molecule has 0 spiro atoms. The summed E-state index contributed by atoms with van der Waals surface area (Å²) in [5.41, 5.74) is 0. The molecule has 1 atom stereocenters. The minimum atomic E-state index is -3.54. The van der Waals surface area contributed by atoms with Crippen molar-refractivity contribution in [1.82, 2.24) is 0 Å². The Hall–Kier alpha value is -0.460. The van der Waals surface area contributed by atoms with Gasteiger partial charge in [0.15, 0.2) is 0 Å². The van der Waals surface area contributed by atoms with Crippen LogP contribution in [0.25, 0.3) is 0 Å². The van der Waals surface area contributed by atoms with Crippen molar-refractivity contribution in [3.05, 3.63) is 0 Å². The van der Waals surface area contributed by atoms with Crippen LogP contribution in [0, 0.1) is 0 Å². The Morgan fingerprint density at radius 2 is 1.18 bits per heavy atom. The number of unbranched alkanes of at least 4 members (excludes halogenated alkanes) is 12. The average molecular weight is 495 g/mol. The average Bonchev–Trinajstić information content (AvgIpc) is 2.75. The maximum Gasteiger partial charge on any atom is 0.474 e. The molecule has 0 bridgehead atoms. The summed E-state index contributed by atoms with van der Waals surface area (Å²) >= 11 is 0. The van der Waals surface area contributed by atoms with Crippen molar-refractivity contribution < 1.29 is 32.2 Å². The van der Waals surface area contributed by atoms with E-state index in [-0.39, 0.29) is 25.8 Å². The molecule has 0 saturated heterocycles. The van der Waals surface area contributed by atoms with Crippen molar-refractivity contribution in [2.75, 3.05) is 54.6 Å². The number of nitrogens with zero attached hydrogens (tertiary/aromatic N) is 1. The molecular formula is C25H53NO6P+. The van der Waals surface area contributed by atoms with Crippen LogP contribution in [-0.2, 0) is 27.7 Å². The number of phosphoric ester groups is 1. The molecule has 0 aliphatic carbocycles. The molecule has 0 aliphatic heterocycles. The van der Waals surface area contributed by atoms with E-state index in [1.54, 1.807) is 0 Å². The Morgan fingerprint density at radius 3 is 1.67 bits per heavy atom. The largest absolute Gasteiger partial charge is 0.474 e. The zero-order valence-corrected chi connectivity index (χ0v) is 23.2. The normalized spacial score (nSPS) is 13.7.